The van der Waals surface area contributed by atoms with Gasteiger partial charge in [0.25, 0.3) is 0 Å². The highest BCUT2D eigenvalue weighted by atomic mass is 19.1. The summed E-state index contributed by atoms with van der Waals surface area (Å²) < 4.78 is 13.3. The van der Waals surface area contributed by atoms with E-state index in [4.69, 9.17) is 0 Å². The van der Waals surface area contributed by atoms with Gasteiger partial charge in [-0.15, -0.1) is 0 Å². The number of piperazine rings is 1. The highest BCUT2D eigenvalue weighted by molar-refractivity contribution is 5.95. The average molecular weight is 456 g/mol. The number of carbonyl (C=O) groups excluding carboxylic acids is 3. The number of carbonyl (C=O) groups is 3. The number of anilines is 1. The molecule has 0 spiro atoms. The summed E-state index contributed by atoms with van der Waals surface area (Å²) in [6, 6.07) is 14.4. The van der Waals surface area contributed by atoms with E-state index in [1.165, 1.54) is 12.1 Å². The normalized spacial score (nSPS) is 15.5. The lowest BCUT2D eigenvalue weighted by atomic mass is 10.2. The Hall–Kier alpha value is -3.30. The maximum absolute atomic E-state index is 13.3. The molecule has 176 valence electrons. The minimum atomic E-state index is -0.508. The van der Waals surface area contributed by atoms with E-state index in [0.717, 1.165) is 5.56 Å². The number of urea groups is 1. The lowest BCUT2D eigenvalue weighted by Gasteiger charge is -2.37. The van der Waals surface area contributed by atoms with Crippen LogP contribution in [0.2, 0.25) is 0 Å². The van der Waals surface area contributed by atoms with Crippen molar-refractivity contribution in [2.75, 3.05) is 38.0 Å². The molecule has 33 heavy (non-hydrogen) atoms. The summed E-state index contributed by atoms with van der Waals surface area (Å²) in [5, 5.41) is 7.77. The summed E-state index contributed by atoms with van der Waals surface area (Å²) in [6.45, 7) is 5.50. The summed E-state index contributed by atoms with van der Waals surface area (Å²) in [4.78, 5) is 40.6. The summed E-state index contributed by atoms with van der Waals surface area (Å²) >= 11 is 0. The third-order valence-corrected chi connectivity index (χ3v) is 5.63. The van der Waals surface area contributed by atoms with E-state index in [-0.39, 0.29) is 24.3 Å². The fourth-order valence-corrected chi connectivity index (χ4v) is 3.62. The maximum Gasteiger partial charge on any atom is 0.321 e. The van der Waals surface area contributed by atoms with Crippen molar-refractivity contribution in [3.8, 4) is 0 Å². The molecule has 0 aliphatic carbocycles. The first kappa shape index (κ1) is 24.3. The number of hydrogen-bond donors (Lipinski definition) is 3. The minimum absolute atomic E-state index is 0.185. The van der Waals surface area contributed by atoms with Crippen molar-refractivity contribution in [2.24, 2.45) is 0 Å². The Morgan fingerprint density at radius 3 is 2.42 bits per heavy atom. The molecule has 0 radical (unpaired) electrons. The van der Waals surface area contributed by atoms with Crippen LogP contribution in [0.1, 0.15) is 18.9 Å². The minimum Gasteiger partial charge on any atom is -0.334 e. The monoisotopic (exact) mass is 455 g/mol. The van der Waals surface area contributed by atoms with Gasteiger partial charge in [0, 0.05) is 51.4 Å². The Labute approximate surface area is 193 Å². The van der Waals surface area contributed by atoms with Crippen LogP contribution >= 0.6 is 0 Å². The molecule has 0 saturated carbocycles. The van der Waals surface area contributed by atoms with Crippen LogP contribution in [-0.4, -0.2) is 66.4 Å². The summed E-state index contributed by atoms with van der Waals surface area (Å²) in [5.41, 5.74) is 1.39. The Morgan fingerprint density at radius 2 is 1.73 bits per heavy atom. The van der Waals surface area contributed by atoms with Gasteiger partial charge in [-0.05, 0) is 30.7 Å². The largest absolute Gasteiger partial charge is 0.334 e. The van der Waals surface area contributed by atoms with Crippen LogP contribution in [0.5, 0.6) is 0 Å². The smallest absolute Gasteiger partial charge is 0.321 e. The molecule has 0 aromatic heterocycles. The maximum atomic E-state index is 13.3. The first-order chi connectivity index (χ1) is 15.9. The van der Waals surface area contributed by atoms with Crippen molar-refractivity contribution >= 4 is 23.5 Å². The molecule has 2 aromatic carbocycles. The van der Waals surface area contributed by atoms with Gasteiger partial charge in [-0.25, -0.2) is 9.18 Å². The lowest BCUT2D eigenvalue weighted by molar-refractivity contribution is -0.121. The van der Waals surface area contributed by atoms with Crippen molar-refractivity contribution in [3.63, 3.8) is 0 Å². The fraction of sp³-hybridized carbons (Fsp3) is 0.375. The molecular formula is C24H30FN5O3. The number of rotatable bonds is 8. The molecule has 3 rings (SSSR count). The molecule has 4 amide bonds. The van der Waals surface area contributed by atoms with E-state index in [9.17, 15) is 18.8 Å². The first-order valence-electron chi connectivity index (χ1n) is 11.0. The number of nitrogens with one attached hydrogen (secondary N) is 3. The zero-order valence-corrected chi connectivity index (χ0v) is 18.7. The van der Waals surface area contributed by atoms with Crippen molar-refractivity contribution in [1.29, 1.82) is 0 Å². The van der Waals surface area contributed by atoms with Crippen LogP contribution < -0.4 is 16.0 Å². The standard InChI is InChI=1S/C24H30FN5O3/c1-18(23(32)27-21-9-5-8-20(25)16-21)30-14-12-29(13-15-30)11-10-22(31)28-24(33)26-17-19-6-3-2-4-7-19/h2-9,16,18H,10-15,17H2,1H3,(H,27,32)(H2,26,28,31,33). The van der Waals surface area contributed by atoms with Crippen molar-refractivity contribution < 1.29 is 18.8 Å². The number of nitrogens with zero attached hydrogens (tertiary/aromatic N) is 2. The topological polar surface area (TPSA) is 93.8 Å². The van der Waals surface area contributed by atoms with Gasteiger partial charge < -0.3 is 15.5 Å². The van der Waals surface area contributed by atoms with E-state index in [1.54, 1.807) is 12.1 Å². The van der Waals surface area contributed by atoms with E-state index < -0.39 is 11.8 Å². The molecule has 1 aliphatic heterocycles. The zero-order chi connectivity index (χ0) is 23.6. The number of halogens is 1. The van der Waals surface area contributed by atoms with Crippen LogP contribution in [0.25, 0.3) is 0 Å². The predicted octanol–water partition coefficient (Wildman–Crippen LogP) is 2.19. The Morgan fingerprint density at radius 1 is 1.00 bits per heavy atom. The van der Waals surface area contributed by atoms with Gasteiger partial charge in [0.1, 0.15) is 5.82 Å². The van der Waals surface area contributed by atoms with E-state index in [1.807, 2.05) is 37.3 Å². The number of amides is 4. The van der Waals surface area contributed by atoms with E-state index >= 15 is 0 Å². The van der Waals surface area contributed by atoms with Crippen molar-refractivity contribution in [2.45, 2.75) is 25.9 Å². The zero-order valence-electron chi connectivity index (χ0n) is 18.7. The molecule has 9 heteroatoms. The van der Waals surface area contributed by atoms with E-state index in [2.05, 4.69) is 25.8 Å². The number of benzene rings is 2. The molecule has 1 saturated heterocycles. The molecule has 1 heterocycles. The SMILES string of the molecule is CC(C(=O)Nc1cccc(F)c1)N1CCN(CCC(=O)NC(=O)NCc2ccccc2)CC1. The second-order valence-corrected chi connectivity index (χ2v) is 8.02. The molecule has 8 nitrogen and oxygen atoms in total. The highest BCUT2D eigenvalue weighted by Crippen LogP contribution is 2.12. The summed E-state index contributed by atoms with van der Waals surface area (Å²) in [6.07, 6.45) is 0.217. The van der Waals surface area contributed by atoms with Crippen molar-refractivity contribution in [3.05, 3.63) is 66.0 Å². The molecular weight excluding hydrogens is 425 g/mol. The fourth-order valence-electron chi connectivity index (χ4n) is 3.62. The van der Waals surface area contributed by atoms with Gasteiger partial charge in [-0.2, -0.15) is 0 Å². The quantitative estimate of drug-likeness (QED) is 0.567. The molecule has 0 bridgehead atoms. The molecule has 1 fully saturated rings. The summed E-state index contributed by atoms with van der Waals surface area (Å²) in [5.74, 6) is -0.910. The number of hydrogen-bond acceptors (Lipinski definition) is 5. The first-order valence-corrected chi connectivity index (χ1v) is 11.0. The predicted molar refractivity (Wildman–Crippen MR) is 124 cm³/mol. The molecule has 2 aromatic rings. The van der Waals surface area contributed by atoms with Gasteiger partial charge in [0.05, 0.1) is 6.04 Å². The second kappa shape index (κ2) is 12.1. The second-order valence-electron chi connectivity index (χ2n) is 8.02. The number of imide groups is 1. The van der Waals surface area contributed by atoms with Gasteiger partial charge in [0.2, 0.25) is 11.8 Å². The van der Waals surface area contributed by atoms with E-state index in [0.29, 0.717) is 45.0 Å². The molecule has 1 unspecified atom stereocenters. The Bertz CT molecular complexity index is 948. The van der Waals surface area contributed by atoms with Crippen LogP contribution in [-0.2, 0) is 16.1 Å². The average Bonchev–Trinajstić information content (AvgIpc) is 2.82. The Balaban J connectivity index is 1.32. The molecule has 1 aliphatic rings. The van der Waals surface area contributed by atoms with Gasteiger partial charge >= 0.3 is 6.03 Å². The van der Waals surface area contributed by atoms with Crippen molar-refractivity contribution in [1.82, 2.24) is 20.4 Å². The van der Waals surface area contributed by atoms with Gasteiger partial charge in [-0.3, -0.25) is 19.8 Å². The third-order valence-electron chi connectivity index (χ3n) is 5.63. The van der Waals surface area contributed by atoms with Gasteiger partial charge in [-0.1, -0.05) is 36.4 Å². The summed E-state index contributed by atoms with van der Waals surface area (Å²) in [7, 11) is 0. The van der Waals surface area contributed by atoms with Crippen LogP contribution in [0.4, 0.5) is 14.9 Å². The van der Waals surface area contributed by atoms with Crippen LogP contribution in [0.3, 0.4) is 0 Å². The van der Waals surface area contributed by atoms with Gasteiger partial charge in [0.15, 0.2) is 0 Å². The Kier molecular flexibility index (Phi) is 8.91. The lowest BCUT2D eigenvalue weighted by Crippen LogP contribution is -2.53. The molecule has 3 N–H and O–H groups in total. The third kappa shape index (κ3) is 7.96. The highest BCUT2D eigenvalue weighted by Gasteiger charge is 2.26. The molecule has 1 atom stereocenters. The van der Waals surface area contributed by atoms with Crippen LogP contribution in [0, 0.1) is 5.82 Å². The van der Waals surface area contributed by atoms with Crippen LogP contribution in [0.15, 0.2) is 54.6 Å².